The molecule has 0 aliphatic heterocycles. The Morgan fingerprint density at radius 3 is 2.36 bits per heavy atom. The summed E-state index contributed by atoms with van der Waals surface area (Å²) in [4.78, 5) is 9.98. The maximum absolute atomic E-state index is 12.3. The maximum Gasteiger partial charge on any atom is 0.312 e. The zero-order valence-corrected chi connectivity index (χ0v) is 16.7. The molecule has 0 saturated carbocycles. The molecule has 2 aromatic carbocycles. The van der Waals surface area contributed by atoms with E-state index < -0.39 is 30.5 Å². The number of nitrogens with one attached hydrogen (secondary N) is 1. The van der Waals surface area contributed by atoms with Gasteiger partial charge in [0.2, 0.25) is 10.0 Å². The van der Waals surface area contributed by atoms with Crippen LogP contribution >= 0.6 is 0 Å². The number of nitrogens with zero attached hydrogens (tertiary/aromatic N) is 1. The summed E-state index contributed by atoms with van der Waals surface area (Å²) in [6.07, 6.45) is 0.0760. The molecule has 0 aromatic heterocycles. The SMILES string of the molecule is COc1ccc(S(=O)(=O)NCCCS(=O)(=O)Cc2ccccc2)cc1[N+](=O)[O-]. The fourth-order valence-corrected chi connectivity index (χ4v) is 4.98. The Bertz CT molecular complexity index is 1040. The third-order valence-corrected chi connectivity index (χ3v) is 6.95. The Morgan fingerprint density at radius 2 is 1.75 bits per heavy atom. The van der Waals surface area contributed by atoms with Crippen LogP contribution < -0.4 is 9.46 Å². The molecule has 2 rings (SSSR count). The minimum atomic E-state index is -4.02. The lowest BCUT2D eigenvalue weighted by atomic mass is 10.2. The van der Waals surface area contributed by atoms with Crippen molar-refractivity contribution >= 4 is 25.5 Å². The van der Waals surface area contributed by atoms with Crippen molar-refractivity contribution < 1.29 is 26.5 Å². The minimum absolute atomic E-state index is 0.0593. The van der Waals surface area contributed by atoms with Gasteiger partial charge in [-0.15, -0.1) is 0 Å². The molecule has 152 valence electrons. The third-order valence-electron chi connectivity index (χ3n) is 3.81. The molecule has 0 bridgehead atoms. The predicted molar refractivity (Wildman–Crippen MR) is 103 cm³/mol. The van der Waals surface area contributed by atoms with E-state index >= 15 is 0 Å². The van der Waals surface area contributed by atoms with Gasteiger partial charge in [0.05, 0.1) is 28.4 Å². The van der Waals surface area contributed by atoms with Gasteiger partial charge in [-0.25, -0.2) is 21.6 Å². The average molecular weight is 428 g/mol. The monoisotopic (exact) mass is 428 g/mol. The first-order valence-corrected chi connectivity index (χ1v) is 11.5. The van der Waals surface area contributed by atoms with Crippen LogP contribution in [0.1, 0.15) is 12.0 Å². The molecule has 0 radical (unpaired) electrons. The van der Waals surface area contributed by atoms with Crippen LogP contribution in [-0.2, 0) is 25.6 Å². The van der Waals surface area contributed by atoms with E-state index in [1.165, 1.54) is 19.2 Å². The molecule has 0 saturated heterocycles. The number of nitro groups is 1. The zero-order chi connectivity index (χ0) is 20.8. The van der Waals surface area contributed by atoms with Gasteiger partial charge in [-0.2, -0.15) is 0 Å². The molecule has 28 heavy (non-hydrogen) atoms. The van der Waals surface area contributed by atoms with Gasteiger partial charge in [-0.3, -0.25) is 10.1 Å². The summed E-state index contributed by atoms with van der Waals surface area (Å²) in [6.45, 7) is -0.115. The molecular formula is C17H20N2O7S2. The fraction of sp³-hybridized carbons (Fsp3) is 0.294. The van der Waals surface area contributed by atoms with Gasteiger partial charge in [0.15, 0.2) is 15.6 Å². The van der Waals surface area contributed by atoms with E-state index in [1.807, 2.05) is 0 Å². The van der Waals surface area contributed by atoms with Crippen LogP contribution in [0.3, 0.4) is 0 Å². The molecule has 0 spiro atoms. The van der Waals surface area contributed by atoms with E-state index in [9.17, 15) is 26.9 Å². The van der Waals surface area contributed by atoms with Gasteiger partial charge in [-0.05, 0) is 24.1 Å². The Morgan fingerprint density at radius 1 is 1.07 bits per heavy atom. The first-order valence-electron chi connectivity index (χ1n) is 8.21. The zero-order valence-electron chi connectivity index (χ0n) is 15.1. The Kier molecular flexibility index (Phi) is 7.11. The fourth-order valence-electron chi connectivity index (χ4n) is 2.46. The summed E-state index contributed by atoms with van der Waals surface area (Å²) in [5.41, 5.74) is 0.185. The largest absolute Gasteiger partial charge is 0.490 e. The summed E-state index contributed by atoms with van der Waals surface area (Å²) in [5, 5.41) is 11.0. The third kappa shape index (κ3) is 6.01. The number of methoxy groups -OCH3 is 1. The average Bonchev–Trinajstić information content (AvgIpc) is 2.65. The van der Waals surface area contributed by atoms with Crippen LogP contribution in [-0.4, -0.2) is 41.2 Å². The van der Waals surface area contributed by atoms with Gasteiger partial charge in [0.25, 0.3) is 0 Å². The highest BCUT2D eigenvalue weighted by molar-refractivity contribution is 7.90. The lowest BCUT2D eigenvalue weighted by Crippen LogP contribution is -2.26. The highest BCUT2D eigenvalue weighted by atomic mass is 32.2. The number of hydrogen-bond donors (Lipinski definition) is 1. The maximum atomic E-state index is 12.3. The van der Waals surface area contributed by atoms with Crippen molar-refractivity contribution in [2.75, 3.05) is 19.4 Å². The lowest BCUT2D eigenvalue weighted by molar-refractivity contribution is -0.386. The van der Waals surface area contributed by atoms with Gasteiger partial charge >= 0.3 is 5.69 Å². The Balaban J connectivity index is 1.96. The Labute approximate surface area is 163 Å². The minimum Gasteiger partial charge on any atom is -0.490 e. The van der Waals surface area contributed by atoms with Crippen LogP contribution in [0.15, 0.2) is 53.4 Å². The molecule has 9 nitrogen and oxygen atoms in total. The van der Waals surface area contributed by atoms with Gasteiger partial charge < -0.3 is 4.74 Å². The topological polar surface area (TPSA) is 133 Å². The number of rotatable bonds is 10. The van der Waals surface area contributed by atoms with Crippen molar-refractivity contribution in [3.8, 4) is 5.75 Å². The molecule has 0 amide bonds. The first kappa shape index (κ1) is 21.8. The predicted octanol–water partition coefficient (Wildman–Crippen LogP) is 1.89. The number of benzene rings is 2. The van der Waals surface area contributed by atoms with E-state index in [2.05, 4.69) is 4.72 Å². The molecule has 2 aromatic rings. The molecule has 0 heterocycles. The smallest absolute Gasteiger partial charge is 0.312 e. The van der Waals surface area contributed by atoms with Crippen LogP contribution in [0.2, 0.25) is 0 Å². The van der Waals surface area contributed by atoms with Crippen molar-refractivity contribution in [2.45, 2.75) is 17.1 Å². The highest BCUT2D eigenvalue weighted by Crippen LogP contribution is 2.29. The van der Waals surface area contributed by atoms with Crippen LogP contribution in [0.25, 0.3) is 0 Å². The van der Waals surface area contributed by atoms with E-state index in [0.717, 1.165) is 6.07 Å². The van der Waals surface area contributed by atoms with Crippen LogP contribution in [0.5, 0.6) is 5.75 Å². The van der Waals surface area contributed by atoms with E-state index in [-0.39, 0.29) is 35.1 Å². The second-order valence-corrected chi connectivity index (χ2v) is 9.87. The number of ether oxygens (including phenoxy) is 1. The Hall–Kier alpha value is -2.50. The summed E-state index contributed by atoms with van der Waals surface area (Å²) in [7, 11) is -6.17. The second-order valence-electron chi connectivity index (χ2n) is 5.92. The number of hydrogen-bond acceptors (Lipinski definition) is 7. The summed E-state index contributed by atoms with van der Waals surface area (Å²) in [5.74, 6) is -0.366. The molecule has 0 aliphatic rings. The summed E-state index contributed by atoms with van der Waals surface area (Å²) >= 11 is 0. The molecule has 0 atom stereocenters. The van der Waals surface area contributed by atoms with Crippen LogP contribution in [0.4, 0.5) is 5.69 Å². The van der Waals surface area contributed by atoms with Crippen molar-refractivity contribution in [3.63, 3.8) is 0 Å². The van der Waals surface area contributed by atoms with Crippen molar-refractivity contribution in [3.05, 3.63) is 64.2 Å². The number of sulfone groups is 1. The van der Waals surface area contributed by atoms with E-state index in [0.29, 0.717) is 5.56 Å². The summed E-state index contributed by atoms with van der Waals surface area (Å²) < 4.78 is 55.9. The van der Waals surface area contributed by atoms with Crippen molar-refractivity contribution in [1.29, 1.82) is 0 Å². The number of nitro benzene ring substituents is 1. The van der Waals surface area contributed by atoms with Crippen molar-refractivity contribution in [1.82, 2.24) is 4.72 Å². The van der Waals surface area contributed by atoms with Crippen LogP contribution in [0, 0.1) is 10.1 Å². The molecular weight excluding hydrogens is 408 g/mol. The van der Waals surface area contributed by atoms with E-state index in [1.54, 1.807) is 30.3 Å². The highest BCUT2D eigenvalue weighted by Gasteiger charge is 2.22. The normalized spacial score (nSPS) is 11.9. The van der Waals surface area contributed by atoms with Crippen molar-refractivity contribution in [2.24, 2.45) is 0 Å². The van der Waals surface area contributed by atoms with Gasteiger partial charge in [0.1, 0.15) is 0 Å². The number of sulfonamides is 1. The summed E-state index contributed by atoms with van der Waals surface area (Å²) in [6, 6.07) is 12.0. The molecule has 0 aliphatic carbocycles. The lowest BCUT2D eigenvalue weighted by Gasteiger charge is -2.09. The standard InChI is InChI=1S/C17H20N2O7S2/c1-26-17-9-8-15(12-16(17)19(20)21)28(24,25)18-10-5-11-27(22,23)13-14-6-3-2-4-7-14/h2-4,6-9,12,18H,5,10-11,13H2,1H3. The molecule has 0 unspecified atom stereocenters. The quantitative estimate of drug-likeness (QED) is 0.347. The molecule has 1 N–H and O–H groups in total. The van der Waals surface area contributed by atoms with Gasteiger partial charge in [0, 0.05) is 12.6 Å². The molecule has 11 heteroatoms. The van der Waals surface area contributed by atoms with Gasteiger partial charge in [-0.1, -0.05) is 30.3 Å². The van der Waals surface area contributed by atoms with E-state index in [4.69, 9.17) is 4.74 Å². The first-order chi connectivity index (χ1) is 13.1. The molecule has 0 fully saturated rings. The second kappa shape index (κ2) is 9.13.